The fourth-order valence-corrected chi connectivity index (χ4v) is 6.02. The lowest BCUT2D eigenvalue weighted by molar-refractivity contribution is -0.147. The number of nitrogens with one attached hydrogen (secondary N) is 7. The minimum absolute atomic E-state index is 0. The molecule has 7 N–H and O–H groups in total. The van der Waals surface area contributed by atoms with E-state index in [9.17, 15) is 38.4 Å². The van der Waals surface area contributed by atoms with Gasteiger partial charge >= 0.3 is 5.97 Å². The van der Waals surface area contributed by atoms with E-state index in [1.807, 2.05) is 242 Å². The summed E-state index contributed by atoms with van der Waals surface area (Å²) in [6, 6.07) is 0.536. The van der Waals surface area contributed by atoms with E-state index in [1.165, 1.54) is 0 Å². The van der Waals surface area contributed by atoms with Gasteiger partial charge in [0.2, 0.25) is 41.4 Å². The topological polar surface area (TPSA) is 310 Å². The number of amides is 7. The highest BCUT2D eigenvalue weighted by Crippen LogP contribution is 2.20. The smallest absolute Gasteiger partial charge is 0.306 e. The van der Waals surface area contributed by atoms with Crippen LogP contribution in [-0.4, -0.2) is 142 Å². The lowest BCUT2D eigenvalue weighted by Crippen LogP contribution is -2.46. The Balaban J connectivity index is -0.000000155. The third kappa shape index (κ3) is 74.6. The number of esters is 1. The van der Waals surface area contributed by atoms with Crippen LogP contribution in [0.25, 0.3) is 0 Å². The Labute approximate surface area is 590 Å². The predicted octanol–water partition coefficient (Wildman–Crippen LogP) is 9.81. The summed E-state index contributed by atoms with van der Waals surface area (Å²) in [4.78, 5) is 91.2. The van der Waals surface area contributed by atoms with Crippen LogP contribution in [0.3, 0.4) is 0 Å². The van der Waals surface area contributed by atoms with Crippen molar-refractivity contribution in [2.24, 2.45) is 10.8 Å². The van der Waals surface area contributed by atoms with Gasteiger partial charge in [0.05, 0.1) is 30.3 Å². The van der Waals surface area contributed by atoms with Crippen LogP contribution in [0.4, 0.5) is 0 Å². The Morgan fingerprint density at radius 2 is 0.699 bits per heavy atom. The van der Waals surface area contributed by atoms with Crippen molar-refractivity contribution < 1.29 is 52.6 Å². The van der Waals surface area contributed by atoms with Crippen molar-refractivity contribution >= 4 is 101 Å². The highest BCUT2D eigenvalue weighted by atomic mass is 32.1. The van der Waals surface area contributed by atoms with E-state index >= 15 is 0 Å². The maximum atomic E-state index is 11.6. The zero-order valence-electron chi connectivity index (χ0n) is 63.9. The van der Waals surface area contributed by atoms with E-state index in [0.717, 1.165) is 0 Å². The van der Waals surface area contributed by atoms with Crippen molar-refractivity contribution in [2.45, 2.75) is 318 Å². The molecule has 0 bridgehead atoms. The molecule has 0 spiro atoms. The van der Waals surface area contributed by atoms with Crippen molar-refractivity contribution in [3.63, 3.8) is 0 Å². The molecule has 0 saturated heterocycles. The summed E-state index contributed by atoms with van der Waals surface area (Å²) >= 11 is 0. The second-order valence-corrected chi connectivity index (χ2v) is 33.0. The van der Waals surface area contributed by atoms with E-state index in [-0.39, 0.29) is 208 Å². The number of carbonyl (C=O) groups is 8. The Kier molecular flexibility index (Phi) is 50.5. The zero-order chi connectivity index (χ0) is 71.3. The molecule has 0 atom stereocenters. The van der Waals surface area contributed by atoms with Crippen LogP contribution in [-0.2, 0) is 65.6 Å². The lowest BCUT2D eigenvalue weighted by Gasteiger charge is -2.26. The normalized spacial score (nSPS) is 11.7. The molecular formula is C65H135N13O11S4. The summed E-state index contributed by atoms with van der Waals surface area (Å²) < 4.78 is 19.0. The molecule has 0 aromatic carbocycles. The second kappa shape index (κ2) is 45.0. The Bertz CT molecular complexity index is 2420. The quantitative estimate of drug-likeness (QED) is 0.0644. The van der Waals surface area contributed by atoms with Crippen molar-refractivity contribution in [3.05, 3.63) is 23.8 Å². The molecule has 7 amide bonds. The maximum absolute atomic E-state index is 11.6. The number of hydrogen-bond donors (Lipinski definition) is 7. The van der Waals surface area contributed by atoms with Crippen LogP contribution in [0.1, 0.15) is 272 Å². The average molecular weight is 1400 g/mol. The first-order valence-corrected chi connectivity index (χ1v) is 30.6. The largest absolute Gasteiger partial charge is 0.459 e. The molecule has 2 heterocycles. The average Bonchev–Trinajstić information content (AvgIpc) is 3.24. The fourth-order valence-electron chi connectivity index (χ4n) is 6.02. The summed E-state index contributed by atoms with van der Waals surface area (Å²) in [5.41, 5.74) is -0.861. The first-order valence-electron chi connectivity index (χ1n) is 30.6. The maximum Gasteiger partial charge on any atom is 0.306 e. The minimum atomic E-state index is -0.293. The summed E-state index contributed by atoms with van der Waals surface area (Å²) in [5.74, 6) is -1.12. The van der Waals surface area contributed by atoms with E-state index in [1.54, 1.807) is 15.6 Å². The van der Waals surface area contributed by atoms with Gasteiger partial charge < -0.3 is 51.4 Å². The molecule has 0 fully saturated rings. The van der Waals surface area contributed by atoms with Gasteiger partial charge in [-0.2, -0.15) is 54.0 Å². The standard InChI is InChI=1S/C12H21N3O2.C12H24N2O3.C11H20N4O.C11H22N2O2.C10H21NO2.C9H19NO.4H2S/c1-9(2)15-7-10(13-14-15)8-17-11(16)6-12(3,4)5;1-11(2,3)13-9(15)7-17-8-10(16)14-12(4,5)6;1-8(2)15-7-9(13-14-15)6-10(16)12-11(3,4)5;1-10(2,3)12-8(14)7-9(15)13-11(4,5)6;1-9(2,3)11-8(12)7-13-10(4,5)6;1-8(2,3)7(11)10-9(4,5)6;;;;/h7,9H,6,8H2,1-5H3;7-8H2,1-6H3,(H,13,15)(H,14,16);7-8H,6H2,1-5H3,(H,12,16);7H2,1-6H3,(H,12,14)(H,13,15);7H2,1-6H3,(H,11,12);1-6H3,(H,10,11);4*1H2. The van der Waals surface area contributed by atoms with E-state index in [2.05, 4.69) is 57.8 Å². The number of nitrogens with zero attached hydrogens (tertiary/aromatic N) is 6. The molecular weight excluding hydrogens is 1270 g/mol. The minimum Gasteiger partial charge on any atom is -0.459 e. The van der Waals surface area contributed by atoms with Gasteiger partial charge in [-0.1, -0.05) is 52.0 Å². The fraction of sp³-hybridized carbons (Fsp3) is 0.815. The first-order chi connectivity index (χ1) is 39.3. The molecule has 28 heteroatoms. The monoisotopic (exact) mass is 1400 g/mol. The van der Waals surface area contributed by atoms with Crippen LogP contribution in [0.5, 0.6) is 0 Å². The molecule has 0 unspecified atom stereocenters. The number of aromatic nitrogens is 6. The molecule has 24 nitrogen and oxygen atoms in total. The molecule has 0 aliphatic carbocycles. The zero-order valence-corrected chi connectivity index (χ0v) is 67.9. The van der Waals surface area contributed by atoms with Crippen LogP contribution >= 0.6 is 54.0 Å². The molecule has 2 rings (SSSR count). The number of rotatable bonds is 15. The van der Waals surface area contributed by atoms with Gasteiger partial charge in [0.1, 0.15) is 38.5 Å². The number of carbonyl (C=O) groups excluding carboxylic acids is 8. The molecule has 2 aromatic heterocycles. The van der Waals surface area contributed by atoms with Gasteiger partial charge in [-0.25, -0.2) is 9.36 Å². The number of ether oxygens (including phenoxy) is 3. The molecule has 0 radical (unpaired) electrons. The first kappa shape index (κ1) is 104. The molecule has 0 saturated carbocycles. The van der Waals surface area contributed by atoms with Crippen molar-refractivity contribution in [1.29, 1.82) is 0 Å². The van der Waals surface area contributed by atoms with Crippen molar-refractivity contribution in [3.8, 4) is 0 Å². The third-order valence-corrected chi connectivity index (χ3v) is 9.25. The summed E-state index contributed by atoms with van der Waals surface area (Å²) in [5, 5.41) is 35.4. The highest BCUT2D eigenvalue weighted by Gasteiger charge is 2.26. The third-order valence-electron chi connectivity index (χ3n) is 9.25. The summed E-state index contributed by atoms with van der Waals surface area (Å²) in [6.07, 6.45) is 4.19. The summed E-state index contributed by atoms with van der Waals surface area (Å²) in [7, 11) is 0. The molecule has 0 aliphatic heterocycles. The van der Waals surface area contributed by atoms with Gasteiger partial charge in [0, 0.05) is 62.5 Å². The Morgan fingerprint density at radius 3 is 0.968 bits per heavy atom. The van der Waals surface area contributed by atoms with Gasteiger partial charge in [0.25, 0.3) is 0 Å². The molecule has 550 valence electrons. The molecule has 93 heavy (non-hydrogen) atoms. The predicted molar refractivity (Wildman–Crippen MR) is 396 cm³/mol. The number of hydrogen-bond acceptors (Lipinski definition) is 15. The Hall–Kier alpha value is -4.64. The van der Waals surface area contributed by atoms with Crippen molar-refractivity contribution in [2.75, 3.05) is 19.8 Å². The highest BCUT2D eigenvalue weighted by molar-refractivity contribution is 7.59. The van der Waals surface area contributed by atoms with Gasteiger partial charge in [-0.15, -0.1) is 10.2 Å². The van der Waals surface area contributed by atoms with Crippen molar-refractivity contribution in [1.82, 2.24) is 67.2 Å². The molecule has 0 aliphatic rings. The summed E-state index contributed by atoms with van der Waals surface area (Å²) in [6.45, 7) is 66.0. The van der Waals surface area contributed by atoms with Gasteiger partial charge in [0.15, 0.2) is 0 Å². The van der Waals surface area contributed by atoms with Gasteiger partial charge in [-0.3, -0.25) is 38.4 Å². The SMILES string of the molecule is CC(C)(C)NC(=O)C(C)(C)C.CC(C)(C)NC(=O)CC(=O)NC(C)(C)C.CC(C)(C)NC(=O)COC(C)(C)C.CC(C)(C)NC(=O)COCC(=O)NC(C)(C)C.CC(C)n1cc(CC(=O)NC(C)(C)C)nn1.CC(C)n1cc(COC(=O)CC(C)(C)C)nn1.S.S.S.S. The van der Waals surface area contributed by atoms with Crippen LogP contribution in [0, 0.1) is 10.8 Å². The lowest BCUT2D eigenvalue weighted by atomic mass is 9.92. The Morgan fingerprint density at radius 1 is 0.409 bits per heavy atom. The van der Waals surface area contributed by atoms with Crippen LogP contribution in [0.2, 0.25) is 0 Å². The van der Waals surface area contributed by atoms with E-state index < -0.39 is 0 Å². The van der Waals surface area contributed by atoms with Gasteiger partial charge in [-0.05, 0) is 199 Å². The molecule has 2 aromatic rings. The van der Waals surface area contributed by atoms with E-state index in [4.69, 9.17) is 14.2 Å². The van der Waals surface area contributed by atoms with E-state index in [0.29, 0.717) is 17.8 Å². The second-order valence-electron chi connectivity index (χ2n) is 33.0. The van der Waals surface area contributed by atoms with Crippen LogP contribution in [0.15, 0.2) is 12.4 Å². The van der Waals surface area contributed by atoms with Crippen LogP contribution < -0.4 is 37.2 Å².